The Balaban J connectivity index is 2.01. The topological polar surface area (TPSA) is 35.5 Å². The average Bonchev–Trinajstić information content (AvgIpc) is 2.58. The minimum atomic E-state index is -1.98. The first-order chi connectivity index (χ1) is 12.5. The molecule has 0 amide bonds. The summed E-state index contributed by atoms with van der Waals surface area (Å²) in [6.45, 7) is 14.9. The molecule has 0 aromatic heterocycles. The number of allylic oxidation sites excluding steroid dienone is 1. The quantitative estimate of drug-likeness (QED) is 0.467. The van der Waals surface area contributed by atoms with Gasteiger partial charge in [-0.05, 0) is 53.9 Å². The largest absolute Gasteiger partial charge is 0.458 e. The van der Waals surface area contributed by atoms with Crippen LogP contribution in [0.5, 0.6) is 0 Å². The molecule has 27 heavy (non-hydrogen) atoms. The number of esters is 1. The maximum absolute atomic E-state index is 14.5. The fraction of sp³-hybridized carbons (Fsp3) is 0.500. The number of ether oxygens (including phenoxy) is 1. The molecule has 148 valence electrons. The molecule has 1 aromatic rings. The van der Waals surface area contributed by atoms with Crippen LogP contribution in [0.2, 0.25) is 18.1 Å². The number of carbonyl (C=O) groups is 1. The summed E-state index contributed by atoms with van der Waals surface area (Å²) in [6.07, 6.45) is 1.42. The Kier molecular flexibility index (Phi) is 6.81. The van der Waals surface area contributed by atoms with Crippen molar-refractivity contribution >= 4 is 14.3 Å². The third-order valence-electron chi connectivity index (χ3n) is 5.53. The van der Waals surface area contributed by atoms with Crippen molar-refractivity contribution in [2.75, 3.05) is 6.61 Å². The Morgan fingerprint density at radius 2 is 1.93 bits per heavy atom. The van der Waals surface area contributed by atoms with E-state index in [4.69, 9.17) is 9.16 Å². The van der Waals surface area contributed by atoms with Crippen LogP contribution in [-0.2, 0) is 9.16 Å². The van der Waals surface area contributed by atoms with Gasteiger partial charge in [0, 0.05) is 6.42 Å². The highest BCUT2D eigenvalue weighted by atomic mass is 28.4. The van der Waals surface area contributed by atoms with Crippen LogP contribution >= 0.6 is 0 Å². The minimum Gasteiger partial charge on any atom is -0.458 e. The molecular formula is C22H31FO3Si. The van der Waals surface area contributed by atoms with Crippen molar-refractivity contribution in [2.45, 2.75) is 64.0 Å². The van der Waals surface area contributed by atoms with Crippen molar-refractivity contribution in [3.8, 4) is 0 Å². The number of carbonyl (C=O) groups excluding carboxylic acids is 1. The maximum atomic E-state index is 14.5. The molecule has 1 aliphatic carbocycles. The van der Waals surface area contributed by atoms with Gasteiger partial charge in [-0.1, -0.05) is 45.5 Å². The van der Waals surface area contributed by atoms with Gasteiger partial charge in [-0.15, -0.1) is 0 Å². The lowest BCUT2D eigenvalue weighted by Gasteiger charge is -2.41. The fourth-order valence-electron chi connectivity index (χ4n) is 2.81. The van der Waals surface area contributed by atoms with E-state index in [1.165, 1.54) is 0 Å². The monoisotopic (exact) mass is 390 g/mol. The van der Waals surface area contributed by atoms with Crippen LogP contribution in [0.25, 0.3) is 0 Å². The molecule has 1 unspecified atom stereocenters. The highest BCUT2D eigenvalue weighted by Crippen LogP contribution is 2.40. The van der Waals surface area contributed by atoms with Gasteiger partial charge in [0.25, 0.3) is 0 Å². The van der Waals surface area contributed by atoms with Gasteiger partial charge in [-0.2, -0.15) is 0 Å². The molecule has 0 saturated heterocycles. The molecule has 0 radical (unpaired) electrons. The summed E-state index contributed by atoms with van der Waals surface area (Å²) in [7, 11) is -1.98. The first kappa shape index (κ1) is 21.6. The Morgan fingerprint density at radius 1 is 1.30 bits per heavy atom. The van der Waals surface area contributed by atoms with Gasteiger partial charge in [0.15, 0.2) is 8.32 Å². The fourth-order valence-corrected chi connectivity index (χ4v) is 4.17. The maximum Gasteiger partial charge on any atom is 0.338 e. The zero-order valence-electron chi connectivity index (χ0n) is 17.0. The van der Waals surface area contributed by atoms with E-state index in [0.717, 1.165) is 5.57 Å². The number of hydrogen-bond acceptors (Lipinski definition) is 3. The summed E-state index contributed by atoms with van der Waals surface area (Å²) in [6, 6.07) is 8.82. The summed E-state index contributed by atoms with van der Waals surface area (Å²) in [4.78, 5) is 12.0. The Bertz CT molecular complexity index is 704. The minimum absolute atomic E-state index is 0.0718. The third-order valence-corrected chi connectivity index (χ3v) is 10.1. The van der Waals surface area contributed by atoms with E-state index >= 15 is 0 Å². The molecule has 3 nitrogen and oxygen atoms in total. The Labute approximate surface area is 163 Å². The summed E-state index contributed by atoms with van der Waals surface area (Å²) in [5, 5.41) is 0.0718. The van der Waals surface area contributed by atoms with E-state index in [0.29, 0.717) is 24.0 Å². The SMILES string of the molecule is C=C1/C(=C\COC(=O)c2ccccc2)CC(O[Si](C)(C)C(C)(C)C)C[C@@H]1F. The molecule has 1 saturated carbocycles. The summed E-state index contributed by atoms with van der Waals surface area (Å²) in [5.41, 5.74) is 1.76. The molecule has 0 aliphatic heterocycles. The number of alkyl halides is 1. The molecule has 1 fully saturated rings. The van der Waals surface area contributed by atoms with Gasteiger partial charge >= 0.3 is 5.97 Å². The lowest BCUT2D eigenvalue weighted by molar-refractivity contribution is 0.0548. The van der Waals surface area contributed by atoms with E-state index in [1.54, 1.807) is 30.3 Å². The number of benzene rings is 1. The van der Waals surface area contributed by atoms with Crippen LogP contribution in [0.4, 0.5) is 4.39 Å². The van der Waals surface area contributed by atoms with Gasteiger partial charge in [0.05, 0.1) is 11.7 Å². The van der Waals surface area contributed by atoms with Crippen molar-refractivity contribution < 1.29 is 18.3 Å². The van der Waals surface area contributed by atoms with E-state index in [9.17, 15) is 9.18 Å². The highest BCUT2D eigenvalue weighted by molar-refractivity contribution is 6.74. The van der Waals surface area contributed by atoms with Gasteiger partial charge in [0.1, 0.15) is 12.8 Å². The molecule has 1 aromatic carbocycles. The van der Waals surface area contributed by atoms with Crippen LogP contribution in [-0.4, -0.2) is 33.2 Å². The first-order valence-electron chi connectivity index (χ1n) is 9.43. The Morgan fingerprint density at radius 3 is 2.52 bits per heavy atom. The molecule has 5 heteroatoms. The van der Waals surface area contributed by atoms with Crippen molar-refractivity contribution in [1.82, 2.24) is 0 Å². The van der Waals surface area contributed by atoms with Crippen molar-refractivity contribution in [1.29, 1.82) is 0 Å². The standard InChI is InChI=1S/C22H31FO3Si/c1-16-18(12-13-25-21(24)17-10-8-7-9-11-17)14-19(15-20(16)23)26-27(5,6)22(2,3)4/h7-12,19-20H,1,13-15H2,2-6H3/b18-12-/t19?,20-/m0/s1. The molecular weight excluding hydrogens is 359 g/mol. The normalized spacial score (nSPS) is 22.7. The van der Waals surface area contributed by atoms with Crippen LogP contribution < -0.4 is 0 Å². The lowest BCUT2D eigenvalue weighted by atomic mass is 9.87. The third kappa shape index (κ3) is 5.63. The summed E-state index contributed by atoms with van der Waals surface area (Å²) in [5.74, 6) is -0.389. The van der Waals surface area contributed by atoms with Crippen LogP contribution in [0.15, 0.2) is 54.1 Å². The second-order valence-corrected chi connectivity index (χ2v) is 13.4. The first-order valence-corrected chi connectivity index (χ1v) is 12.3. The van der Waals surface area contributed by atoms with Crippen LogP contribution in [0, 0.1) is 0 Å². The number of rotatable bonds is 5. The highest BCUT2D eigenvalue weighted by Gasteiger charge is 2.41. The second-order valence-electron chi connectivity index (χ2n) is 8.63. The lowest BCUT2D eigenvalue weighted by Crippen LogP contribution is -2.45. The predicted octanol–water partition coefficient (Wildman–Crippen LogP) is 5.85. The smallest absolute Gasteiger partial charge is 0.338 e. The Hall–Kier alpha value is -1.72. The summed E-state index contributed by atoms with van der Waals surface area (Å²) >= 11 is 0. The molecule has 0 bridgehead atoms. The van der Waals surface area contributed by atoms with Crippen molar-refractivity contribution in [3.05, 3.63) is 59.7 Å². The molecule has 1 aliphatic rings. The number of halogens is 1. The van der Waals surface area contributed by atoms with Gasteiger partial charge < -0.3 is 9.16 Å². The second kappa shape index (κ2) is 8.53. The van der Waals surface area contributed by atoms with E-state index in [1.807, 2.05) is 6.07 Å². The predicted molar refractivity (Wildman–Crippen MR) is 110 cm³/mol. The molecule has 0 heterocycles. The zero-order valence-corrected chi connectivity index (χ0v) is 18.0. The van der Waals surface area contributed by atoms with Gasteiger partial charge in [-0.3, -0.25) is 0 Å². The molecule has 0 spiro atoms. The molecule has 2 atom stereocenters. The molecule has 0 N–H and O–H groups in total. The van der Waals surface area contributed by atoms with Crippen molar-refractivity contribution in [3.63, 3.8) is 0 Å². The van der Waals surface area contributed by atoms with Gasteiger partial charge in [-0.25, -0.2) is 9.18 Å². The summed E-state index contributed by atoms with van der Waals surface area (Å²) < 4.78 is 26.2. The van der Waals surface area contributed by atoms with E-state index in [-0.39, 0.29) is 23.7 Å². The van der Waals surface area contributed by atoms with E-state index in [2.05, 4.69) is 40.4 Å². The van der Waals surface area contributed by atoms with Crippen molar-refractivity contribution in [2.24, 2.45) is 0 Å². The van der Waals surface area contributed by atoms with Gasteiger partial charge in [0.2, 0.25) is 0 Å². The number of hydrogen-bond donors (Lipinski definition) is 0. The van der Waals surface area contributed by atoms with Crippen LogP contribution in [0.3, 0.4) is 0 Å². The zero-order chi connectivity index (χ0) is 20.2. The average molecular weight is 391 g/mol. The van der Waals surface area contributed by atoms with E-state index < -0.39 is 14.5 Å². The molecule has 2 rings (SSSR count). The van der Waals surface area contributed by atoms with Crippen LogP contribution in [0.1, 0.15) is 44.0 Å².